The second-order valence-corrected chi connectivity index (χ2v) is 6.33. The van der Waals surface area contributed by atoms with Crippen LogP contribution in [0, 0.1) is 0 Å². The molecule has 0 saturated carbocycles. The Morgan fingerprint density at radius 1 is 1.19 bits per heavy atom. The Balaban J connectivity index is 1.90. The Morgan fingerprint density at radius 3 is 2.90 bits per heavy atom. The minimum atomic E-state index is 0.841. The van der Waals surface area contributed by atoms with Gasteiger partial charge in [-0.05, 0) is 65.2 Å². The first kappa shape index (κ1) is 14.5. The Kier molecular flexibility index (Phi) is 4.54. The molecule has 1 aliphatic rings. The van der Waals surface area contributed by atoms with Crippen LogP contribution < -0.4 is 5.32 Å². The number of hydrogen-bond donors (Lipinski definition) is 1. The quantitative estimate of drug-likeness (QED) is 0.807. The standard InChI is InChI=1S/C17H20BrN3/c1-2-6-16-20-15(18)11-17(21-16)19-14-10-5-8-12-7-3-4-9-13(12)14/h5,8,10-11H,2-4,6-7,9H2,1H3,(H,19,20,21). The summed E-state index contributed by atoms with van der Waals surface area (Å²) in [5.41, 5.74) is 4.13. The number of aryl methyl sites for hydroxylation is 2. The van der Waals surface area contributed by atoms with Gasteiger partial charge in [0, 0.05) is 18.2 Å². The van der Waals surface area contributed by atoms with Gasteiger partial charge < -0.3 is 5.32 Å². The van der Waals surface area contributed by atoms with Gasteiger partial charge >= 0.3 is 0 Å². The van der Waals surface area contributed by atoms with Crippen LogP contribution in [0.3, 0.4) is 0 Å². The maximum atomic E-state index is 4.62. The molecule has 0 saturated heterocycles. The highest BCUT2D eigenvalue weighted by atomic mass is 79.9. The zero-order valence-electron chi connectivity index (χ0n) is 12.3. The van der Waals surface area contributed by atoms with E-state index in [4.69, 9.17) is 0 Å². The van der Waals surface area contributed by atoms with E-state index in [-0.39, 0.29) is 0 Å². The van der Waals surface area contributed by atoms with Crippen molar-refractivity contribution in [3.8, 4) is 0 Å². The SMILES string of the molecule is CCCc1nc(Br)cc(Nc2cccc3c2CCCC3)n1. The molecule has 0 amide bonds. The molecule has 0 bridgehead atoms. The van der Waals surface area contributed by atoms with Gasteiger partial charge in [0.1, 0.15) is 16.2 Å². The van der Waals surface area contributed by atoms with E-state index in [1.165, 1.54) is 36.1 Å². The van der Waals surface area contributed by atoms with Gasteiger partial charge in [-0.2, -0.15) is 0 Å². The molecule has 4 heteroatoms. The molecule has 3 nitrogen and oxygen atoms in total. The van der Waals surface area contributed by atoms with Gasteiger partial charge in [0.05, 0.1) is 0 Å². The lowest BCUT2D eigenvalue weighted by Gasteiger charge is -2.20. The minimum absolute atomic E-state index is 0.841. The number of rotatable bonds is 4. The first-order chi connectivity index (χ1) is 10.3. The van der Waals surface area contributed by atoms with Crippen molar-refractivity contribution >= 4 is 27.4 Å². The van der Waals surface area contributed by atoms with Gasteiger partial charge in [-0.3, -0.25) is 0 Å². The normalized spacial score (nSPS) is 13.8. The number of nitrogens with zero attached hydrogens (tertiary/aromatic N) is 2. The summed E-state index contributed by atoms with van der Waals surface area (Å²) >= 11 is 3.48. The Hall–Kier alpha value is -1.42. The molecule has 0 fully saturated rings. The molecule has 1 N–H and O–H groups in total. The third kappa shape index (κ3) is 3.43. The summed E-state index contributed by atoms with van der Waals surface area (Å²) < 4.78 is 0.841. The predicted octanol–water partition coefficient (Wildman–Crippen LogP) is 4.81. The van der Waals surface area contributed by atoms with E-state index in [0.717, 1.165) is 35.5 Å². The molecule has 2 aromatic rings. The van der Waals surface area contributed by atoms with Crippen LogP contribution in [0.4, 0.5) is 11.5 Å². The topological polar surface area (TPSA) is 37.8 Å². The minimum Gasteiger partial charge on any atom is -0.340 e. The molecule has 3 rings (SSSR count). The fourth-order valence-corrected chi connectivity index (χ4v) is 3.32. The molecular formula is C17H20BrN3. The summed E-state index contributed by atoms with van der Waals surface area (Å²) in [7, 11) is 0. The number of aromatic nitrogens is 2. The number of anilines is 2. The third-order valence-corrected chi connectivity index (χ3v) is 4.28. The number of halogens is 1. The van der Waals surface area contributed by atoms with Crippen molar-refractivity contribution in [2.75, 3.05) is 5.32 Å². The van der Waals surface area contributed by atoms with E-state index in [1.54, 1.807) is 0 Å². The molecule has 110 valence electrons. The maximum absolute atomic E-state index is 4.62. The van der Waals surface area contributed by atoms with E-state index in [1.807, 2.05) is 6.07 Å². The molecule has 1 aliphatic carbocycles. The zero-order valence-corrected chi connectivity index (χ0v) is 13.9. The fraction of sp³-hybridized carbons (Fsp3) is 0.412. The van der Waals surface area contributed by atoms with Crippen molar-refractivity contribution in [1.29, 1.82) is 0 Å². The van der Waals surface area contributed by atoms with Crippen LogP contribution in [0.15, 0.2) is 28.9 Å². The van der Waals surface area contributed by atoms with Crippen LogP contribution >= 0.6 is 15.9 Å². The molecule has 1 aromatic heterocycles. The lowest BCUT2D eigenvalue weighted by atomic mass is 9.90. The summed E-state index contributed by atoms with van der Waals surface area (Å²) in [5.74, 6) is 1.76. The second-order valence-electron chi connectivity index (χ2n) is 5.52. The van der Waals surface area contributed by atoms with Gasteiger partial charge in [-0.15, -0.1) is 0 Å². The van der Waals surface area contributed by atoms with Crippen molar-refractivity contribution in [3.05, 3.63) is 45.8 Å². The molecule has 0 aliphatic heterocycles. The number of benzene rings is 1. The fourth-order valence-electron chi connectivity index (χ4n) is 2.90. The summed E-state index contributed by atoms with van der Waals surface area (Å²) in [4.78, 5) is 9.03. The molecule has 1 heterocycles. The van der Waals surface area contributed by atoms with E-state index < -0.39 is 0 Å². The molecule has 0 unspecified atom stereocenters. The van der Waals surface area contributed by atoms with Gasteiger partial charge in [-0.1, -0.05) is 19.1 Å². The van der Waals surface area contributed by atoms with Crippen molar-refractivity contribution in [2.24, 2.45) is 0 Å². The number of hydrogen-bond acceptors (Lipinski definition) is 3. The number of nitrogens with one attached hydrogen (secondary N) is 1. The van der Waals surface area contributed by atoms with E-state index in [0.29, 0.717) is 0 Å². The van der Waals surface area contributed by atoms with Crippen molar-refractivity contribution in [3.63, 3.8) is 0 Å². The monoisotopic (exact) mass is 345 g/mol. The predicted molar refractivity (Wildman–Crippen MR) is 90.1 cm³/mol. The van der Waals surface area contributed by atoms with Crippen molar-refractivity contribution < 1.29 is 0 Å². The lowest BCUT2D eigenvalue weighted by molar-refractivity contribution is 0.687. The maximum Gasteiger partial charge on any atom is 0.135 e. The highest BCUT2D eigenvalue weighted by Crippen LogP contribution is 2.30. The zero-order chi connectivity index (χ0) is 14.7. The Morgan fingerprint density at radius 2 is 2.05 bits per heavy atom. The van der Waals surface area contributed by atoms with Crippen LogP contribution in [-0.4, -0.2) is 9.97 Å². The van der Waals surface area contributed by atoms with Crippen LogP contribution in [0.25, 0.3) is 0 Å². The van der Waals surface area contributed by atoms with Crippen molar-refractivity contribution in [2.45, 2.75) is 45.4 Å². The first-order valence-corrected chi connectivity index (χ1v) is 8.47. The van der Waals surface area contributed by atoms with Crippen LogP contribution in [0.1, 0.15) is 43.1 Å². The summed E-state index contributed by atoms with van der Waals surface area (Å²) in [6.07, 6.45) is 6.89. The molecule has 21 heavy (non-hydrogen) atoms. The average Bonchev–Trinajstić information content (AvgIpc) is 2.47. The summed E-state index contributed by atoms with van der Waals surface area (Å²) in [5, 5.41) is 3.49. The van der Waals surface area contributed by atoms with E-state index in [2.05, 4.69) is 56.3 Å². The van der Waals surface area contributed by atoms with Gasteiger partial charge in [0.25, 0.3) is 0 Å². The molecule has 0 radical (unpaired) electrons. The first-order valence-electron chi connectivity index (χ1n) is 7.67. The average molecular weight is 346 g/mol. The van der Waals surface area contributed by atoms with Crippen molar-refractivity contribution in [1.82, 2.24) is 9.97 Å². The molecular weight excluding hydrogens is 326 g/mol. The molecule has 0 atom stereocenters. The van der Waals surface area contributed by atoms with Crippen LogP contribution in [-0.2, 0) is 19.3 Å². The summed E-state index contributed by atoms with van der Waals surface area (Å²) in [6, 6.07) is 8.48. The molecule has 1 aromatic carbocycles. The Labute approximate surface area is 134 Å². The van der Waals surface area contributed by atoms with E-state index in [9.17, 15) is 0 Å². The second kappa shape index (κ2) is 6.56. The van der Waals surface area contributed by atoms with Gasteiger partial charge in [-0.25, -0.2) is 9.97 Å². The lowest BCUT2D eigenvalue weighted by Crippen LogP contribution is -2.07. The largest absolute Gasteiger partial charge is 0.340 e. The van der Waals surface area contributed by atoms with Crippen LogP contribution in [0.2, 0.25) is 0 Å². The van der Waals surface area contributed by atoms with Crippen LogP contribution in [0.5, 0.6) is 0 Å². The summed E-state index contributed by atoms with van der Waals surface area (Å²) in [6.45, 7) is 2.14. The van der Waals surface area contributed by atoms with Gasteiger partial charge in [0.15, 0.2) is 0 Å². The van der Waals surface area contributed by atoms with Gasteiger partial charge in [0.2, 0.25) is 0 Å². The third-order valence-electron chi connectivity index (χ3n) is 3.87. The molecule has 0 spiro atoms. The van der Waals surface area contributed by atoms with E-state index >= 15 is 0 Å². The smallest absolute Gasteiger partial charge is 0.135 e. The Bertz CT molecular complexity index is 640. The highest BCUT2D eigenvalue weighted by Gasteiger charge is 2.13. The highest BCUT2D eigenvalue weighted by molar-refractivity contribution is 9.10. The number of fused-ring (bicyclic) bond motifs is 1.